The smallest absolute Gasteiger partial charge is 0.251 e. The Morgan fingerprint density at radius 1 is 1.12 bits per heavy atom. The summed E-state index contributed by atoms with van der Waals surface area (Å²) in [6.07, 6.45) is 3.68. The molecule has 34 heavy (non-hydrogen) atoms. The standard InChI is InChI=1S/C24H24N4O4S2/c1-31-19-8-7-16(13-20(19)32-2)23(30)25-9-11-28-14-21(17-5-3-4-6-18(17)28)34-15-22(29)27-24-26-10-12-33-24/h3-8,10,12-14H,9,11,15H2,1-2H3,(H,25,30)(H,26,27,29). The summed E-state index contributed by atoms with van der Waals surface area (Å²) >= 11 is 2.86. The number of amides is 2. The van der Waals surface area contributed by atoms with Crippen LogP contribution >= 0.6 is 23.1 Å². The minimum Gasteiger partial charge on any atom is -0.493 e. The van der Waals surface area contributed by atoms with Gasteiger partial charge in [-0.3, -0.25) is 9.59 Å². The van der Waals surface area contributed by atoms with Gasteiger partial charge in [0.05, 0.1) is 20.0 Å². The number of nitrogens with one attached hydrogen (secondary N) is 2. The van der Waals surface area contributed by atoms with Crippen LogP contribution in [0.1, 0.15) is 10.4 Å². The molecule has 4 aromatic rings. The van der Waals surface area contributed by atoms with Crippen molar-refractivity contribution in [2.24, 2.45) is 0 Å². The van der Waals surface area contributed by atoms with Crippen molar-refractivity contribution in [1.29, 1.82) is 0 Å². The van der Waals surface area contributed by atoms with Gasteiger partial charge in [0.1, 0.15) is 0 Å². The number of rotatable bonds is 10. The molecule has 2 heterocycles. The lowest BCUT2D eigenvalue weighted by molar-refractivity contribution is -0.113. The summed E-state index contributed by atoms with van der Waals surface area (Å²) in [7, 11) is 3.09. The number of fused-ring (bicyclic) bond motifs is 1. The Morgan fingerprint density at radius 2 is 1.94 bits per heavy atom. The first-order valence-corrected chi connectivity index (χ1v) is 12.4. The maximum Gasteiger partial charge on any atom is 0.251 e. The largest absolute Gasteiger partial charge is 0.493 e. The zero-order valence-corrected chi connectivity index (χ0v) is 20.4. The number of benzene rings is 2. The van der Waals surface area contributed by atoms with Gasteiger partial charge >= 0.3 is 0 Å². The van der Waals surface area contributed by atoms with Gasteiger partial charge in [0.25, 0.3) is 5.91 Å². The monoisotopic (exact) mass is 496 g/mol. The SMILES string of the molecule is COc1ccc(C(=O)NCCn2cc(SCC(=O)Nc3nccs3)c3ccccc32)cc1OC. The molecule has 0 fully saturated rings. The van der Waals surface area contributed by atoms with E-state index in [0.717, 1.165) is 15.8 Å². The van der Waals surface area contributed by atoms with Crippen LogP contribution in [0.25, 0.3) is 10.9 Å². The van der Waals surface area contributed by atoms with Gasteiger partial charge in [-0.25, -0.2) is 4.98 Å². The van der Waals surface area contributed by atoms with E-state index >= 15 is 0 Å². The molecular formula is C24H24N4O4S2. The van der Waals surface area contributed by atoms with Crippen LogP contribution in [0.2, 0.25) is 0 Å². The predicted octanol–water partition coefficient (Wildman–Crippen LogP) is 4.28. The van der Waals surface area contributed by atoms with Crippen LogP contribution in [0, 0.1) is 0 Å². The lowest BCUT2D eigenvalue weighted by atomic mass is 10.2. The third kappa shape index (κ3) is 5.52. The summed E-state index contributed by atoms with van der Waals surface area (Å²) < 4.78 is 12.6. The fourth-order valence-corrected chi connectivity index (χ4v) is 4.90. The molecule has 0 atom stereocenters. The van der Waals surface area contributed by atoms with Gasteiger partial charge in [0.2, 0.25) is 5.91 Å². The van der Waals surface area contributed by atoms with E-state index in [1.165, 1.54) is 30.2 Å². The molecule has 2 N–H and O–H groups in total. The number of thiazole rings is 1. The van der Waals surface area contributed by atoms with Crippen LogP contribution in [0.3, 0.4) is 0 Å². The first-order valence-electron chi connectivity index (χ1n) is 10.5. The molecule has 0 saturated carbocycles. The van der Waals surface area contributed by atoms with Crippen molar-refractivity contribution in [3.63, 3.8) is 0 Å². The Balaban J connectivity index is 1.38. The van der Waals surface area contributed by atoms with Gasteiger partial charge in [-0.2, -0.15) is 0 Å². The number of hydrogen-bond acceptors (Lipinski definition) is 7. The second-order valence-electron chi connectivity index (χ2n) is 7.20. The second kappa shape index (κ2) is 11.1. The second-order valence-corrected chi connectivity index (χ2v) is 9.12. The van der Waals surface area contributed by atoms with Gasteiger partial charge in [0, 0.05) is 52.2 Å². The molecule has 176 valence electrons. The zero-order valence-electron chi connectivity index (χ0n) is 18.7. The van der Waals surface area contributed by atoms with Crippen LogP contribution < -0.4 is 20.1 Å². The van der Waals surface area contributed by atoms with Crippen LogP contribution in [-0.4, -0.2) is 47.9 Å². The Bertz CT molecular complexity index is 1290. The van der Waals surface area contributed by atoms with Crippen LogP contribution in [0.15, 0.2) is 65.1 Å². The topological polar surface area (TPSA) is 94.5 Å². The quantitative estimate of drug-likeness (QED) is 0.318. The molecule has 10 heteroatoms. The van der Waals surface area contributed by atoms with Crippen LogP contribution in [0.5, 0.6) is 11.5 Å². The molecule has 0 aliphatic heterocycles. The highest BCUT2D eigenvalue weighted by Gasteiger charge is 2.13. The molecule has 8 nitrogen and oxygen atoms in total. The molecule has 0 spiro atoms. The van der Waals surface area contributed by atoms with Gasteiger partial charge in [-0.15, -0.1) is 23.1 Å². The fraction of sp³-hybridized carbons (Fsp3) is 0.208. The number of para-hydroxylation sites is 1. The number of anilines is 1. The van der Waals surface area contributed by atoms with E-state index in [4.69, 9.17) is 9.47 Å². The predicted molar refractivity (Wildman–Crippen MR) is 135 cm³/mol. The van der Waals surface area contributed by atoms with Crippen molar-refractivity contribution >= 4 is 50.9 Å². The number of carbonyl (C=O) groups excluding carboxylic acids is 2. The molecule has 2 aromatic carbocycles. The summed E-state index contributed by atoms with van der Waals surface area (Å²) in [6.45, 7) is 1.03. The van der Waals surface area contributed by atoms with E-state index in [9.17, 15) is 9.59 Å². The summed E-state index contributed by atoms with van der Waals surface area (Å²) in [6, 6.07) is 13.1. The normalized spacial score (nSPS) is 10.8. The number of thioether (sulfide) groups is 1. The van der Waals surface area contributed by atoms with E-state index in [0.29, 0.717) is 35.3 Å². The van der Waals surface area contributed by atoms with Gasteiger partial charge in [0.15, 0.2) is 16.6 Å². The first kappa shape index (κ1) is 23.7. The van der Waals surface area contributed by atoms with Crippen LogP contribution in [0.4, 0.5) is 5.13 Å². The Labute approximate surface area is 205 Å². The molecule has 2 amide bonds. The van der Waals surface area contributed by atoms with Crippen molar-refractivity contribution in [2.45, 2.75) is 11.4 Å². The van der Waals surface area contributed by atoms with Crippen molar-refractivity contribution in [1.82, 2.24) is 14.9 Å². The van der Waals surface area contributed by atoms with E-state index in [2.05, 4.69) is 20.2 Å². The fourth-order valence-electron chi connectivity index (χ4n) is 3.47. The molecule has 0 radical (unpaired) electrons. The molecular weight excluding hydrogens is 472 g/mol. The summed E-state index contributed by atoms with van der Waals surface area (Å²) in [5.74, 6) is 1.07. The summed E-state index contributed by atoms with van der Waals surface area (Å²) in [4.78, 5) is 30.0. The number of hydrogen-bond donors (Lipinski definition) is 2. The lowest BCUT2D eigenvalue weighted by Crippen LogP contribution is -2.27. The van der Waals surface area contributed by atoms with Crippen LogP contribution in [-0.2, 0) is 11.3 Å². The van der Waals surface area contributed by atoms with E-state index in [1.807, 2.05) is 35.8 Å². The summed E-state index contributed by atoms with van der Waals surface area (Å²) in [5.41, 5.74) is 1.54. The van der Waals surface area contributed by atoms with Gasteiger partial charge in [-0.1, -0.05) is 18.2 Å². The number of methoxy groups -OCH3 is 2. The highest BCUT2D eigenvalue weighted by atomic mass is 32.2. The van der Waals surface area contributed by atoms with Gasteiger partial charge < -0.3 is 24.7 Å². The van der Waals surface area contributed by atoms with E-state index in [1.54, 1.807) is 31.5 Å². The van der Waals surface area contributed by atoms with Crippen molar-refractivity contribution in [3.05, 3.63) is 65.8 Å². The number of aromatic nitrogens is 2. The Morgan fingerprint density at radius 3 is 2.71 bits per heavy atom. The number of ether oxygens (including phenoxy) is 2. The number of carbonyl (C=O) groups is 2. The summed E-state index contributed by atoms with van der Waals surface area (Å²) in [5, 5.41) is 9.24. The first-order chi connectivity index (χ1) is 16.6. The highest BCUT2D eigenvalue weighted by molar-refractivity contribution is 8.00. The zero-order chi connectivity index (χ0) is 23.9. The van der Waals surface area contributed by atoms with Crippen molar-refractivity contribution < 1.29 is 19.1 Å². The average Bonchev–Trinajstić information content (AvgIpc) is 3.50. The Kier molecular flexibility index (Phi) is 7.71. The molecule has 4 rings (SSSR count). The van der Waals surface area contributed by atoms with E-state index < -0.39 is 0 Å². The van der Waals surface area contributed by atoms with E-state index in [-0.39, 0.29) is 17.6 Å². The third-order valence-electron chi connectivity index (χ3n) is 5.07. The lowest BCUT2D eigenvalue weighted by Gasteiger charge is -2.10. The minimum atomic E-state index is -0.189. The molecule has 0 unspecified atom stereocenters. The molecule has 0 aliphatic rings. The van der Waals surface area contributed by atoms with Gasteiger partial charge in [-0.05, 0) is 24.3 Å². The van der Waals surface area contributed by atoms with Crippen molar-refractivity contribution in [2.75, 3.05) is 31.8 Å². The Hall–Kier alpha value is -3.50. The maximum atomic E-state index is 12.6. The molecule has 2 aromatic heterocycles. The van der Waals surface area contributed by atoms with Crippen molar-refractivity contribution in [3.8, 4) is 11.5 Å². The third-order valence-corrected chi connectivity index (χ3v) is 6.80. The number of nitrogens with zero attached hydrogens (tertiary/aromatic N) is 2. The molecule has 0 aliphatic carbocycles. The minimum absolute atomic E-state index is 0.0982. The maximum absolute atomic E-state index is 12.6. The molecule has 0 saturated heterocycles. The molecule has 0 bridgehead atoms. The highest BCUT2D eigenvalue weighted by Crippen LogP contribution is 2.30. The average molecular weight is 497 g/mol.